The van der Waals surface area contributed by atoms with Crippen LogP contribution in [-0.4, -0.2) is 10.7 Å². The predicted molar refractivity (Wildman–Crippen MR) is 82.7 cm³/mol. The van der Waals surface area contributed by atoms with Crippen molar-refractivity contribution >= 4 is 23.1 Å². The van der Waals surface area contributed by atoms with E-state index in [4.69, 9.17) is 4.98 Å². The van der Waals surface area contributed by atoms with E-state index < -0.39 is 0 Å². The van der Waals surface area contributed by atoms with Crippen molar-refractivity contribution in [3.05, 3.63) is 35.3 Å². The summed E-state index contributed by atoms with van der Waals surface area (Å²) in [5.41, 5.74) is 2.46. The zero-order chi connectivity index (χ0) is 13.0. The Morgan fingerprint density at radius 1 is 1.22 bits per heavy atom. The summed E-state index contributed by atoms with van der Waals surface area (Å²) in [6.45, 7) is 6.62. The van der Waals surface area contributed by atoms with Crippen LogP contribution in [0.2, 0.25) is 0 Å². The van der Waals surface area contributed by atoms with Crippen molar-refractivity contribution in [2.45, 2.75) is 38.0 Å². The molecule has 3 heteroatoms. The Kier molecular flexibility index (Phi) is 4.84. The second kappa shape index (κ2) is 6.39. The Hall–Kier alpha value is -0.800. The molecule has 2 aromatic rings. The van der Waals surface area contributed by atoms with Crippen LogP contribution < -0.4 is 0 Å². The molecule has 0 spiro atoms. The second-order valence-electron chi connectivity index (χ2n) is 4.34. The molecule has 1 atom stereocenters. The Bertz CT molecular complexity index is 487. The van der Waals surface area contributed by atoms with Crippen molar-refractivity contribution in [2.24, 2.45) is 0 Å². The van der Waals surface area contributed by atoms with E-state index in [2.05, 4.69) is 50.4 Å². The highest BCUT2D eigenvalue weighted by Crippen LogP contribution is 2.29. The summed E-state index contributed by atoms with van der Waals surface area (Å²) in [5, 5.41) is 3.33. The maximum absolute atomic E-state index is 4.74. The molecule has 96 valence electrons. The molecule has 0 saturated carbocycles. The normalized spacial score (nSPS) is 12.6. The van der Waals surface area contributed by atoms with Crippen LogP contribution in [0.3, 0.4) is 0 Å². The Balaban J connectivity index is 2.18. The zero-order valence-electron chi connectivity index (χ0n) is 11.1. The number of rotatable bonds is 5. The lowest BCUT2D eigenvalue weighted by molar-refractivity contribution is 0.714. The third kappa shape index (κ3) is 3.15. The first-order valence-corrected chi connectivity index (χ1v) is 8.29. The van der Waals surface area contributed by atoms with Gasteiger partial charge >= 0.3 is 0 Å². The van der Waals surface area contributed by atoms with Gasteiger partial charge in [-0.05, 0) is 30.2 Å². The summed E-state index contributed by atoms with van der Waals surface area (Å²) in [6.07, 6.45) is 1.15. The van der Waals surface area contributed by atoms with E-state index in [-0.39, 0.29) is 0 Å². The summed E-state index contributed by atoms with van der Waals surface area (Å²) in [5.74, 6) is 1.68. The number of thiazole rings is 1. The van der Waals surface area contributed by atoms with Gasteiger partial charge in [-0.2, -0.15) is 0 Å². The number of hydrogen-bond donors (Lipinski definition) is 0. The SMILES string of the molecule is CCSc1ccc(-c2nc(C(C)CC)cs2)cc1. The molecule has 1 unspecified atom stereocenters. The van der Waals surface area contributed by atoms with Crippen LogP contribution >= 0.6 is 23.1 Å². The molecule has 0 aliphatic carbocycles. The van der Waals surface area contributed by atoms with Gasteiger partial charge in [0.1, 0.15) is 5.01 Å². The molecule has 1 nitrogen and oxygen atoms in total. The van der Waals surface area contributed by atoms with E-state index in [1.807, 2.05) is 11.8 Å². The van der Waals surface area contributed by atoms with Crippen molar-refractivity contribution < 1.29 is 0 Å². The van der Waals surface area contributed by atoms with Gasteiger partial charge in [0.2, 0.25) is 0 Å². The summed E-state index contributed by atoms with van der Waals surface area (Å²) >= 11 is 3.62. The second-order valence-corrected chi connectivity index (χ2v) is 6.54. The lowest BCUT2D eigenvalue weighted by Crippen LogP contribution is -1.90. The van der Waals surface area contributed by atoms with Gasteiger partial charge in [0.15, 0.2) is 0 Å². The molecule has 0 bridgehead atoms. The van der Waals surface area contributed by atoms with Crippen LogP contribution in [0.4, 0.5) is 0 Å². The zero-order valence-corrected chi connectivity index (χ0v) is 12.8. The van der Waals surface area contributed by atoms with E-state index in [0.29, 0.717) is 5.92 Å². The van der Waals surface area contributed by atoms with Crippen LogP contribution in [-0.2, 0) is 0 Å². The number of nitrogens with zero attached hydrogens (tertiary/aromatic N) is 1. The van der Waals surface area contributed by atoms with Crippen molar-refractivity contribution in [3.63, 3.8) is 0 Å². The number of thioether (sulfide) groups is 1. The van der Waals surface area contributed by atoms with Gasteiger partial charge in [-0.1, -0.05) is 32.9 Å². The summed E-state index contributed by atoms with van der Waals surface area (Å²) < 4.78 is 0. The molecule has 18 heavy (non-hydrogen) atoms. The third-order valence-electron chi connectivity index (χ3n) is 3.05. The number of hydrogen-bond acceptors (Lipinski definition) is 3. The summed E-state index contributed by atoms with van der Waals surface area (Å²) in [4.78, 5) is 6.07. The topological polar surface area (TPSA) is 12.9 Å². The van der Waals surface area contributed by atoms with Crippen LogP contribution in [0.1, 0.15) is 38.8 Å². The predicted octanol–water partition coefficient (Wildman–Crippen LogP) is 5.44. The van der Waals surface area contributed by atoms with Gasteiger partial charge in [-0.3, -0.25) is 0 Å². The standard InChI is InChI=1S/C15H19NS2/c1-4-11(3)14-10-18-15(16-14)12-6-8-13(9-7-12)17-5-2/h6-11H,4-5H2,1-3H3. The van der Waals surface area contributed by atoms with Crippen LogP contribution in [0.25, 0.3) is 10.6 Å². The minimum Gasteiger partial charge on any atom is -0.241 e. The average Bonchev–Trinajstić information content (AvgIpc) is 2.89. The Morgan fingerprint density at radius 2 is 1.94 bits per heavy atom. The molecule has 2 rings (SSSR count). The molecule has 1 heterocycles. The highest BCUT2D eigenvalue weighted by atomic mass is 32.2. The van der Waals surface area contributed by atoms with E-state index >= 15 is 0 Å². The molecule has 0 radical (unpaired) electrons. The molecular formula is C15H19NS2. The summed E-state index contributed by atoms with van der Waals surface area (Å²) in [6, 6.07) is 8.73. The molecule has 0 saturated heterocycles. The monoisotopic (exact) mass is 277 g/mol. The first-order chi connectivity index (χ1) is 8.74. The van der Waals surface area contributed by atoms with E-state index in [9.17, 15) is 0 Å². The van der Waals surface area contributed by atoms with Crippen molar-refractivity contribution in [1.29, 1.82) is 0 Å². The van der Waals surface area contributed by atoms with E-state index in [0.717, 1.165) is 17.2 Å². The average molecular weight is 277 g/mol. The van der Waals surface area contributed by atoms with Gasteiger partial charge in [0, 0.05) is 15.8 Å². The molecule has 0 fully saturated rings. The minimum absolute atomic E-state index is 0.560. The van der Waals surface area contributed by atoms with Crippen molar-refractivity contribution in [1.82, 2.24) is 4.98 Å². The lowest BCUT2D eigenvalue weighted by atomic mass is 10.1. The van der Waals surface area contributed by atoms with Gasteiger partial charge in [0.25, 0.3) is 0 Å². The highest BCUT2D eigenvalue weighted by molar-refractivity contribution is 7.99. The molecule has 1 aromatic heterocycles. The largest absolute Gasteiger partial charge is 0.241 e. The maximum atomic E-state index is 4.74. The van der Waals surface area contributed by atoms with Crippen molar-refractivity contribution in [3.8, 4) is 10.6 Å². The molecule has 0 aliphatic rings. The molecular weight excluding hydrogens is 258 g/mol. The first kappa shape index (κ1) is 13.6. The van der Waals surface area contributed by atoms with Gasteiger partial charge in [-0.25, -0.2) is 4.98 Å². The number of aromatic nitrogens is 1. The highest BCUT2D eigenvalue weighted by Gasteiger charge is 2.09. The van der Waals surface area contributed by atoms with Gasteiger partial charge < -0.3 is 0 Å². The van der Waals surface area contributed by atoms with Crippen LogP contribution in [0.15, 0.2) is 34.5 Å². The summed E-state index contributed by atoms with van der Waals surface area (Å²) in [7, 11) is 0. The molecule has 0 amide bonds. The van der Waals surface area contributed by atoms with Crippen LogP contribution in [0.5, 0.6) is 0 Å². The lowest BCUT2D eigenvalue weighted by Gasteiger charge is -2.03. The number of benzene rings is 1. The molecule has 0 aliphatic heterocycles. The fraction of sp³-hybridized carbons (Fsp3) is 0.400. The fourth-order valence-electron chi connectivity index (χ4n) is 1.71. The first-order valence-electron chi connectivity index (χ1n) is 6.43. The fourth-order valence-corrected chi connectivity index (χ4v) is 3.32. The minimum atomic E-state index is 0.560. The smallest absolute Gasteiger partial charge is 0.123 e. The Labute approximate surface area is 118 Å². The molecule has 0 N–H and O–H groups in total. The quantitative estimate of drug-likeness (QED) is 0.675. The van der Waals surface area contributed by atoms with E-state index in [1.54, 1.807) is 11.3 Å². The third-order valence-corrected chi connectivity index (χ3v) is 4.86. The maximum Gasteiger partial charge on any atom is 0.123 e. The Morgan fingerprint density at radius 3 is 2.56 bits per heavy atom. The van der Waals surface area contributed by atoms with E-state index in [1.165, 1.54) is 16.2 Å². The van der Waals surface area contributed by atoms with Gasteiger partial charge in [-0.15, -0.1) is 23.1 Å². The van der Waals surface area contributed by atoms with Crippen LogP contribution in [0, 0.1) is 0 Å². The molecule has 1 aromatic carbocycles. The van der Waals surface area contributed by atoms with Gasteiger partial charge in [0.05, 0.1) is 5.69 Å². The van der Waals surface area contributed by atoms with Crippen molar-refractivity contribution in [2.75, 3.05) is 5.75 Å².